The summed E-state index contributed by atoms with van der Waals surface area (Å²) in [5, 5.41) is 11.8. The van der Waals surface area contributed by atoms with Gasteiger partial charge in [-0.05, 0) is 38.1 Å². The molecule has 0 radical (unpaired) electrons. The van der Waals surface area contributed by atoms with Crippen LogP contribution in [0.3, 0.4) is 0 Å². The summed E-state index contributed by atoms with van der Waals surface area (Å²) in [5.74, 6) is 0.0387. The van der Waals surface area contributed by atoms with Gasteiger partial charge in [0.25, 0.3) is 5.91 Å². The first-order valence-electron chi connectivity index (χ1n) is 9.60. The predicted octanol–water partition coefficient (Wildman–Crippen LogP) is 0.177. The quantitative estimate of drug-likeness (QED) is 0.709. The first kappa shape index (κ1) is 19.1. The standard InChI is InChI=1S/C22H26N4O/c1-17-4-3-5-20(14-17)16-25-10-12-26(13-11-25)18(2)22(27)24-21-8-6-19(15-23)7-9-21/h3-9,14,18H,10-13,16H2,1-2H3,(H,24,27)/p+2/t18-/m0/s1. The number of carbonyl (C=O) groups excluding carboxylic acids is 1. The predicted molar refractivity (Wildman–Crippen MR) is 106 cm³/mol. The molecule has 5 heteroatoms. The van der Waals surface area contributed by atoms with E-state index < -0.39 is 0 Å². The van der Waals surface area contributed by atoms with Gasteiger partial charge in [0.15, 0.2) is 6.04 Å². The fourth-order valence-corrected chi connectivity index (χ4v) is 3.71. The van der Waals surface area contributed by atoms with Crippen LogP contribution in [0.4, 0.5) is 5.69 Å². The molecule has 1 atom stereocenters. The minimum absolute atomic E-state index is 0.0387. The average molecular weight is 364 g/mol. The van der Waals surface area contributed by atoms with Crippen LogP contribution < -0.4 is 15.1 Å². The maximum atomic E-state index is 12.6. The van der Waals surface area contributed by atoms with E-state index in [1.807, 2.05) is 6.92 Å². The number of amides is 1. The van der Waals surface area contributed by atoms with E-state index in [0.717, 1.165) is 38.4 Å². The van der Waals surface area contributed by atoms with Gasteiger partial charge < -0.3 is 15.1 Å². The third-order valence-electron chi connectivity index (χ3n) is 5.42. The number of nitrogens with one attached hydrogen (secondary N) is 3. The van der Waals surface area contributed by atoms with Crippen molar-refractivity contribution in [2.24, 2.45) is 0 Å². The number of carbonyl (C=O) groups is 1. The second-order valence-corrected chi connectivity index (χ2v) is 7.47. The van der Waals surface area contributed by atoms with Crippen molar-refractivity contribution in [1.29, 1.82) is 5.26 Å². The van der Waals surface area contributed by atoms with Crippen LogP contribution in [-0.2, 0) is 11.3 Å². The van der Waals surface area contributed by atoms with Crippen molar-refractivity contribution in [1.82, 2.24) is 0 Å². The van der Waals surface area contributed by atoms with Gasteiger partial charge in [-0.1, -0.05) is 29.8 Å². The van der Waals surface area contributed by atoms with E-state index in [-0.39, 0.29) is 11.9 Å². The molecule has 140 valence electrons. The van der Waals surface area contributed by atoms with Gasteiger partial charge in [0.2, 0.25) is 0 Å². The molecule has 1 aliphatic rings. The van der Waals surface area contributed by atoms with Gasteiger partial charge in [0, 0.05) is 11.3 Å². The van der Waals surface area contributed by atoms with Crippen LogP contribution in [0.2, 0.25) is 0 Å². The molecule has 2 aromatic carbocycles. The summed E-state index contributed by atoms with van der Waals surface area (Å²) in [6.45, 7) is 9.36. The van der Waals surface area contributed by atoms with Crippen LogP contribution >= 0.6 is 0 Å². The van der Waals surface area contributed by atoms with Crippen LogP contribution in [-0.4, -0.2) is 38.1 Å². The topological polar surface area (TPSA) is 61.8 Å². The first-order valence-corrected chi connectivity index (χ1v) is 9.60. The molecule has 3 rings (SSSR count). The van der Waals surface area contributed by atoms with Gasteiger partial charge in [-0.15, -0.1) is 0 Å². The number of anilines is 1. The maximum Gasteiger partial charge on any atom is 0.282 e. The molecule has 3 N–H and O–H groups in total. The van der Waals surface area contributed by atoms with E-state index >= 15 is 0 Å². The van der Waals surface area contributed by atoms with Crippen molar-refractivity contribution in [3.8, 4) is 6.07 Å². The Balaban J connectivity index is 1.49. The average Bonchev–Trinajstić information content (AvgIpc) is 2.68. The second kappa shape index (κ2) is 8.81. The molecule has 0 aromatic heterocycles. The van der Waals surface area contributed by atoms with E-state index in [1.54, 1.807) is 29.2 Å². The highest BCUT2D eigenvalue weighted by molar-refractivity contribution is 5.93. The van der Waals surface area contributed by atoms with Crippen LogP contribution in [0.1, 0.15) is 23.6 Å². The Labute approximate surface area is 161 Å². The highest BCUT2D eigenvalue weighted by Crippen LogP contribution is 2.08. The Morgan fingerprint density at radius 1 is 1.15 bits per heavy atom. The number of aryl methyl sites for hydroxylation is 1. The van der Waals surface area contributed by atoms with Gasteiger partial charge in [-0.2, -0.15) is 5.26 Å². The zero-order valence-electron chi connectivity index (χ0n) is 16.1. The smallest absolute Gasteiger partial charge is 0.282 e. The van der Waals surface area contributed by atoms with Gasteiger partial charge >= 0.3 is 0 Å². The van der Waals surface area contributed by atoms with E-state index in [0.29, 0.717) is 5.56 Å². The lowest BCUT2D eigenvalue weighted by molar-refractivity contribution is -1.02. The van der Waals surface area contributed by atoms with Gasteiger partial charge in [-0.25, -0.2) is 0 Å². The van der Waals surface area contributed by atoms with Crippen molar-refractivity contribution in [3.05, 3.63) is 65.2 Å². The highest BCUT2D eigenvalue weighted by atomic mass is 16.2. The molecule has 0 spiro atoms. The monoisotopic (exact) mass is 364 g/mol. The van der Waals surface area contributed by atoms with Crippen LogP contribution in [0.15, 0.2) is 48.5 Å². The summed E-state index contributed by atoms with van der Waals surface area (Å²) in [4.78, 5) is 15.5. The van der Waals surface area contributed by atoms with Gasteiger partial charge in [0.05, 0.1) is 11.6 Å². The minimum atomic E-state index is -0.0823. The summed E-state index contributed by atoms with van der Waals surface area (Å²) < 4.78 is 0. The Kier molecular flexibility index (Phi) is 6.23. The number of benzene rings is 2. The third kappa shape index (κ3) is 5.16. The molecule has 1 heterocycles. The fourth-order valence-electron chi connectivity index (χ4n) is 3.71. The fraction of sp³-hybridized carbons (Fsp3) is 0.364. The summed E-state index contributed by atoms with van der Waals surface area (Å²) in [5.41, 5.74) is 4.04. The Hall–Kier alpha value is -2.68. The molecule has 0 unspecified atom stereocenters. The summed E-state index contributed by atoms with van der Waals surface area (Å²) in [7, 11) is 0. The molecule has 1 fully saturated rings. The molecule has 0 aliphatic carbocycles. The lowest BCUT2D eigenvalue weighted by atomic mass is 10.1. The molecular weight excluding hydrogens is 336 g/mol. The summed E-state index contributed by atoms with van der Waals surface area (Å²) in [6.07, 6.45) is 0. The molecule has 27 heavy (non-hydrogen) atoms. The zero-order chi connectivity index (χ0) is 19.2. The SMILES string of the molecule is Cc1cccc(C[NH+]2CC[NH+]([C@@H](C)C(=O)Nc3ccc(C#N)cc3)CC2)c1. The highest BCUT2D eigenvalue weighted by Gasteiger charge is 2.31. The van der Waals surface area contributed by atoms with Gasteiger partial charge in [0.1, 0.15) is 32.7 Å². The van der Waals surface area contributed by atoms with E-state index in [9.17, 15) is 4.79 Å². The third-order valence-corrected chi connectivity index (χ3v) is 5.42. The van der Waals surface area contributed by atoms with Crippen LogP contribution in [0.5, 0.6) is 0 Å². The summed E-state index contributed by atoms with van der Waals surface area (Å²) >= 11 is 0. The van der Waals surface area contributed by atoms with Crippen LogP contribution in [0.25, 0.3) is 0 Å². The minimum Gasteiger partial charge on any atom is -0.322 e. The number of hydrogen-bond donors (Lipinski definition) is 3. The van der Waals surface area contributed by atoms with E-state index in [1.165, 1.54) is 16.0 Å². The van der Waals surface area contributed by atoms with E-state index in [4.69, 9.17) is 5.26 Å². The maximum absolute atomic E-state index is 12.6. The molecule has 1 amide bonds. The van der Waals surface area contributed by atoms with E-state index in [2.05, 4.69) is 42.6 Å². The zero-order valence-corrected chi connectivity index (χ0v) is 16.1. The Morgan fingerprint density at radius 3 is 2.48 bits per heavy atom. The molecule has 1 saturated heterocycles. The normalized spacial score (nSPS) is 20.5. The molecule has 1 aliphatic heterocycles. The van der Waals surface area contributed by atoms with Crippen molar-refractivity contribution < 1.29 is 14.6 Å². The second-order valence-electron chi connectivity index (χ2n) is 7.47. The first-order chi connectivity index (χ1) is 13.0. The Bertz CT molecular complexity index is 817. The lowest BCUT2D eigenvalue weighted by Gasteiger charge is -2.32. The molecule has 0 bridgehead atoms. The van der Waals surface area contributed by atoms with Gasteiger partial charge in [-0.3, -0.25) is 4.79 Å². The number of rotatable bonds is 5. The van der Waals surface area contributed by atoms with Crippen molar-refractivity contribution in [2.75, 3.05) is 31.5 Å². The number of hydrogen-bond acceptors (Lipinski definition) is 2. The van der Waals surface area contributed by atoms with Crippen molar-refractivity contribution in [2.45, 2.75) is 26.4 Å². The number of nitrogens with zero attached hydrogens (tertiary/aromatic N) is 1. The number of quaternary nitrogens is 2. The lowest BCUT2D eigenvalue weighted by Crippen LogP contribution is -3.29. The van der Waals surface area contributed by atoms with Crippen molar-refractivity contribution >= 4 is 11.6 Å². The molecule has 5 nitrogen and oxygen atoms in total. The molecule has 2 aromatic rings. The number of nitriles is 1. The number of piperazine rings is 1. The van der Waals surface area contributed by atoms with Crippen LogP contribution in [0, 0.1) is 18.3 Å². The largest absolute Gasteiger partial charge is 0.322 e. The Morgan fingerprint density at radius 2 is 1.85 bits per heavy atom. The van der Waals surface area contributed by atoms with Crippen molar-refractivity contribution in [3.63, 3.8) is 0 Å². The molecular formula is C22H28N4O+2. The molecule has 0 saturated carbocycles. The summed E-state index contributed by atoms with van der Waals surface area (Å²) in [6, 6.07) is 17.7.